The number of anilines is 1. The Morgan fingerprint density at radius 3 is 2.71 bits per heavy atom. The van der Waals surface area contributed by atoms with Gasteiger partial charge < -0.3 is 10.0 Å². The average Bonchev–Trinajstić information content (AvgIpc) is 2.67. The summed E-state index contributed by atoms with van der Waals surface area (Å²) in [6.07, 6.45) is 3.10. The number of thiazole rings is 1. The summed E-state index contributed by atoms with van der Waals surface area (Å²) < 4.78 is 0. The molecule has 1 unspecified atom stereocenters. The van der Waals surface area contributed by atoms with Crippen LogP contribution in [0.1, 0.15) is 28.7 Å². The van der Waals surface area contributed by atoms with Gasteiger partial charge in [-0.2, -0.15) is 11.8 Å². The summed E-state index contributed by atoms with van der Waals surface area (Å²) in [6, 6.07) is 0.400. The second-order valence-electron chi connectivity index (χ2n) is 3.84. The highest BCUT2D eigenvalue weighted by Crippen LogP contribution is 2.27. The van der Waals surface area contributed by atoms with E-state index < -0.39 is 5.97 Å². The maximum atomic E-state index is 11.0. The number of aromatic carboxylic acids is 1. The van der Waals surface area contributed by atoms with Crippen molar-refractivity contribution < 1.29 is 9.90 Å². The second-order valence-corrected chi connectivity index (χ2v) is 5.73. The zero-order valence-corrected chi connectivity index (χ0v) is 12.2. The van der Waals surface area contributed by atoms with Crippen LogP contribution < -0.4 is 4.90 Å². The molecule has 0 aromatic carbocycles. The molecular formula is C11H18N2O2S2. The quantitative estimate of drug-likeness (QED) is 0.864. The van der Waals surface area contributed by atoms with Crippen LogP contribution in [0.3, 0.4) is 0 Å². The van der Waals surface area contributed by atoms with E-state index in [2.05, 4.69) is 23.1 Å². The Morgan fingerprint density at radius 2 is 2.29 bits per heavy atom. The molecule has 6 heteroatoms. The molecule has 0 fully saturated rings. The van der Waals surface area contributed by atoms with Gasteiger partial charge in [0.05, 0.1) is 5.69 Å². The lowest BCUT2D eigenvalue weighted by atomic mass is 10.2. The lowest BCUT2D eigenvalue weighted by molar-refractivity contribution is 0.0701. The molecule has 0 bridgehead atoms. The van der Waals surface area contributed by atoms with E-state index in [4.69, 9.17) is 5.11 Å². The van der Waals surface area contributed by atoms with Crippen LogP contribution in [0.2, 0.25) is 0 Å². The molecule has 1 N–H and O–H groups in total. The number of aryl methyl sites for hydroxylation is 1. The number of aromatic nitrogens is 1. The zero-order chi connectivity index (χ0) is 13.0. The van der Waals surface area contributed by atoms with Crippen molar-refractivity contribution >= 4 is 34.2 Å². The normalized spacial score (nSPS) is 12.5. The highest BCUT2D eigenvalue weighted by atomic mass is 32.2. The Morgan fingerprint density at radius 1 is 1.65 bits per heavy atom. The van der Waals surface area contributed by atoms with Crippen LogP contribution in [-0.4, -0.2) is 41.2 Å². The van der Waals surface area contributed by atoms with E-state index in [0.717, 1.165) is 17.3 Å². The maximum Gasteiger partial charge on any atom is 0.347 e. The molecular weight excluding hydrogens is 256 g/mol. The van der Waals surface area contributed by atoms with Crippen molar-refractivity contribution in [1.29, 1.82) is 0 Å². The molecule has 1 aromatic rings. The molecule has 17 heavy (non-hydrogen) atoms. The van der Waals surface area contributed by atoms with Gasteiger partial charge in [-0.1, -0.05) is 18.3 Å². The fourth-order valence-corrected chi connectivity index (χ4v) is 3.37. The van der Waals surface area contributed by atoms with Crippen LogP contribution in [-0.2, 0) is 0 Å². The van der Waals surface area contributed by atoms with Gasteiger partial charge in [-0.05, 0) is 19.6 Å². The zero-order valence-electron chi connectivity index (χ0n) is 10.6. The van der Waals surface area contributed by atoms with Gasteiger partial charge in [0.15, 0.2) is 5.13 Å². The van der Waals surface area contributed by atoms with Crippen LogP contribution in [0, 0.1) is 6.92 Å². The van der Waals surface area contributed by atoms with Gasteiger partial charge in [-0.15, -0.1) is 0 Å². The Balaban J connectivity index is 2.91. The topological polar surface area (TPSA) is 53.4 Å². The van der Waals surface area contributed by atoms with Gasteiger partial charge in [-0.3, -0.25) is 0 Å². The predicted molar refractivity (Wildman–Crippen MR) is 74.7 cm³/mol. The van der Waals surface area contributed by atoms with E-state index in [0.29, 0.717) is 16.6 Å². The molecule has 1 heterocycles. The van der Waals surface area contributed by atoms with Crippen LogP contribution >= 0.6 is 23.1 Å². The van der Waals surface area contributed by atoms with Gasteiger partial charge in [0.1, 0.15) is 4.88 Å². The maximum absolute atomic E-state index is 11.0. The van der Waals surface area contributed by atoms with E-state index in [1.807, 2.05) is 7.05 Å². The van der Waals surface area contributed by atoms with Gasteiger partial charge in [0.25, 0.3) is 0 Å². The number of carboxylic acids is 1. The molecule has 0 aliphatic heterocycles. The molecule has 1 atom stereocenters. The van der Waals surface area contributed by atoms with Crippen molar-refractivity contribution in [2.45, 2.75) is 26.3 Å². The number of carbonyl (C=O) groups is 1. The van der Waals surface area contributed by atoms with Gasteiger partial charge in [-0.25, -0.2) is 9.78 Å². The summed E-state index contributed by atoms with van der Waals surface area (Å²) in [4.78, 5) is 17.7. The van der Waals surface area contributed by atoms with Gasteiger partial charge >= 0.3 is 5.97 Å². The Hall–Kier alpha value is -0.750. The number of thioether (sulfide) groups is 1. The largest absolute Gasteiger partial charge is 0.477 e. The van der Waals surface area contributed by atoms with Gasteiger partial charge in [0, 0.05) is 18.8 Å². The standard InChI is InChI=1S/C11H18N2O2S2/c1-5-8(6-16-4)13(3)11-12-7(2)9(17-11)10(14)15/h8H,5-6H2,1-4H3,(H,14,15). The van der Waals surface area contributed by atoms with Crippen LogP contribution in [0.15, 0.2) is 0 Å². The number of nitrogens with zero attached hydrogens (tertiary/aromatic N) is 2. The average molecular weight is 274 g/mol. The Bertz CT molecular complexity index is 393. The highest BCUT2D eigenvalue weighted by molar-refractivity contribution is 7.98. The lowest BCUT2D eigenvalue weighted by Crippen LogP contribution is -2.33. The van der Waals surface area contributed by atoms with Crippen molar-refractivity contribution in [2.24, 2.45) is 0 Å². The molecule has 0 radical (unpaired) electrons. The smallest absolute Gasteiger partial charge is 0.347 e. The first-order chi connectivity index (χ1) is 8.01. The number of carboxylic acid groups (broad SMARTS) is 1. The summed E-state index contributed by atoms with van der Waals surface area (Å²) in [7, 11) is 1.98. The van der Waals surface area contributed by atoms with Crippen molar-refractivity contribution in [3.63, 3.8) is 0 Å². The van der Waals surface area contributed by atoms with Crippen LogP contribution in [0.4, 0.5) is 5.13 Å². The monoisotopic (exact) mass is 274 g/mol. The van der Waals surface area contributed by atoms with Crippen molar-refractivity contribution in [2.75, 3.05) is 24.0 Å². The molecule has 0 spiro atoms. The van der Waals surface area contributed by atoms with Crippen LogP contribution in [0.25, 0.3) is 0 Å². The van der Waals surface area contributed by atoms with E-state index >= 15 is 0 Å². The minimum Gasteiger partial charge on any atom is -0.477 e. The van der Waals surface area contributed by atoms with E-state index in [-0.39, 0.29) is 0 Å². The van der Waals surface area contributed by atoms with Crippen molar-refractivity contribution in [1.82, 2.24) is 4.98 Å². The molecule has 0 amide bonds. The molecule has 0 saturated heterocycles. The summed E-state index contributed by atoms with van der Waals surface area (Å²) in [5.74, 6) is 0.131. The molecule has 96 valence electrons. The minimum absolute atomic E-state index is 0.339. The third-order valence-corrected chi connectivity index (χ3v) is 4.61. The third kappa shape index (κ3) is 3.35. The summed E-state index contributed by atoms with van der Waals surface area (Å²) >= 11 is 3.04. The Kier molecular flexibility index (Phi) is 5.27. The molecule has 0 aliphatic rings. The first-order valence-electron chi connectivity index (χ1n) is 5.43. The van der Waals surface area contributed by atoms with Crippen molar-refractivity contribution in [3.05, 3.63) is 10.6 Å². The molecule has 1 rings (SSSR count). The molecule has 4 nitrogen and oxygen atoms in total. The number of hydrogen-bond donors (Lipinski definition) is 1. The highest BCUT2D eigenvalue weighted by Gasteiger charge is 2.20. The number of hydrogen-bond acceptors (Lipinski definition) is 5. The van der Waals surface area contributed by atoms with E-state index in [1.54, 1.807) is 18.7 Å². The minimum atomic E-state index is -0.891. The Labute approximate surface area is 110 Å². The molecule has 1 aromatic heterocycles. The fraction of sp³-hybridized carbons (Fsp3) is 0.636. The first-order valence-corrected chi connectivity index (χ1v) is 7.64. The fourth-order valence-electron chi connectivity index (χ4n) is 1.58. The second kappa shape index (κ2) is 6.26. The van der Waals surface area contributed by atoms with E-state index in [1.165, 1.54) is 11.3 Å². The SMILES string of the molecule is CCC(CSC)N(C)c1nc(C)c(C(=O)O)s1. The molecule has 0 aliphatic carbocycles. The predicted octanol–water partition coefficient (Wildman–Crippen LogP) is 2.73. The third-order valence-electron chi connectivity index (χ3n) is 2.66. The summed E-state index contributed by atoms with van der Waals surface area (Å²) in [5.41, 5.74) is 0.600. The first kappa shape index (κ1) is 14.3. The number of rotatable bonds is 6. The van der Waals surface area contributed by atoms with Gasteiger partial charge in [0.2, 0.25) is 0 Å². The van der Waals surface area contributed by atoms with E-state index in [9.17, 15) is 4.79 Å². The van der Waals surface area contributed by atoms with Crippen LogP contribution in [0.5, 0.6) is 0 Å². The summed E-state index contributed by atoms with van der Waals surface area (Å²) in [5, 5.41) is 9.80. The molecule has 0 saturated carbocycles. The van der Waals surface area contributed by atoms with Crippen molar-refractivity contribution in [3.8, 4) is 0 Å². The summed E-state index contributed by atoms with van der Waals surface area (Å²) in [6.45, 7) is 3.88. The lowest BCUT2D eigenvalue weighted by Gasteiger charge is -2.26.